The molecule has 1 heterocycles. The predicted molar refractivity (Wildman–Crippen MR) is 136 cm³/mol. The maximum Gasteiger partial charge on any atom is 0.248 e. The van der Waals surface area contributed by atoms with Gasteiger partial charge in [-0.2, -0.15) is 0 Å². The van der Waals surface area contributed by atoms with Gasteiger partial charge in [-0.1, -0.05) is 48.5 Å². The molecule has 0 bridgehead atoms. The van der Waals surface area contributed by atoms with E-state index in [0.29, 0.717) is 11.3 Å². The first-order valence-corrected chi connectivity index (χ1v) is 12.0. The van der Waals surface area contributed by atoms with E-state index in [9.17, 15) is 14.0 Å². The third kappa shape index (κ3) is 6.13. The maximum absolute atomic E-state index is 13.7. The van der Waals surface area contributed by atoms with Gasteiger partial charge in [-0.15, -0.1) is 11.3 Å². The average molecular weight is 489 g/mol. The van der Waals surface area contributed by atoms with Gasteiger partial charge in [0.05, 0.1) is 13.5 Å². The molecule has 5 nitrogen and oxygen atoms in total. The highest BCUT2D eigenvalue weighted by atomic mass is 32.1. The number of halogens is 1. The van der Waals surface area contributed by atoms with Crippen LogP contribution in [0.15, 0.2) is 96.4 Å². The van der Waals surface area contributed by atoms with Crippen molar-refractivity contribution in [2.24, 2.45) is 0 Å². The van der Waals surface area contributed by atoms with Gasteiger partial charge < -0.3 is 10.1 Å². The Balaban J connectivity index is 1.67. The molecule has 0 saturated heterocycles. The molecule has 7 heteroatoms. The standard InChI is InChI=1S/C28H25FN2O3S/c1-34-24-15-9-20(10-16-24)19-30-28(33)27(21-6-3-2-4-7-21)31(23-13-11-22(29)12-14-23)26(32)18-25-8-5-17-35-25/h2-17,27H,18-19H2,1H3,(H,30,33)/t27-/m0/s1. The third-order valence-corrected chi connectivity index (χ3v) is 6.40. The Hall–Kier alpha value is -3.97. The van der Waals surface area contributed by atoms with E-state index < -0.39 is 11.9 Å². The largest absolute Gasteiger partial charge is 0.497 e. The molecule has 1 atom stereocenters. The molecule has 0 radical (unpaired) electrons. The van der Waals surface area contributed by atoms with Crippen LogP contribution in [0.5, 0.6) is 5.75 Å². The van der Waals surface area contributed by atoms with E-state index in [1.54, 1.807) is 7.11 Å². The minimum absolute atomic E-state index is 0.129. The van der Waals surface area contributed by atoms with E-state index in [1.165, 1.54) is 40.5 Å². The molecule has 0 aliphatic rings. The molecule has 3 aromatic carbocycles. The zero-order valence-electron chi connectivity index (χ0n) is 19.2. The van der Waals surface area contributed by atoms with Crippen molar-refractivity contribution in [3.8, 4) is 5.75 Å². The van der Waals surface area contributed by atoms with Crippen LogP contribution in [0.2, 0.25) is 0 Å². The summed E-state index contributed by atoms with van der Waals surface area (Å²) in [4.78, 5) is 29.6. The van der Waals surface area contributed by atoms with E-state index in [0.717, 1.165) is 16.2 Å². The van der Waals surface area contributed by atoms with Crippen LogP contribution in [0.25, 0.3) is 0 Å². The van der Waals surface area contributed by atoms with Crippen LogP contribution in [0.1, 0.15) is 22.0 Å². The van der Waals surface area contributed by atoms with E-state index in [1.807, 2.05) is 72.1 Å². The van der Waals surface area contributed by atoms with Crippen LogP contribution in [0, 0.1) is 5.82 Å². The Morgan fingerprint density at radius 2 is 1.66 bits per heavy atom. The molecule has 0 aliphatic carbocycles. The molecule has 0 aliphatic heterocycles. The van der Waals surface area contributed by atoms with Crippen molar-refractivity contribution in [3.05, 3.63) is 118 Å². The number of ether oxygens (including phenoxy) is 1. The highest BCUT2D eigenvalue weighted by molar-refractivity contribution is 7.10. The summed E-state index contributed by atoms with van der Waals surface area (Å²) in [5.41, 5.74) is 1.99. The Kier molecular flexibility index (Phi) is 7.90. The van der Waals surface area contributed by atoms with Crippen LogP contribution in [0.3, 0.4) is 0 Å². The topological polar surface area (TPSA) is 58.6 Å². The lowest BCUT2D eigenvalue weighted by Crippen LogP contribution is -2.44. The molecule has 0 spiro atoms. The molecule has 1 N–H and O–H groups in total. The highest BCUT2D eigenvalue weighted by Gasteiger charge is 2.32. The first kappa shape index (κ1) is 24.2. The van der Waals surface area contributed by atoms with Crippen LogP contribution in [-0.2, 0) is 22.6 Å². The number of carbonyl (C=O) groups is 2. The van der Waals surface area contributed by atoms with E-state index >= 15 is 0 Å². The van der Waals surface area contributed by atoms with Gasteiger partial charge >= 0.3 is 0 Å². The molecule has 1 aromatic heterocycles. The van der Waals surface area contributed by atoms with E-state index in [2.05, 4.69) is 5.32 Å². The highest BCUT2D eigenvalue weighted by Crippen LogP contribution is 2.29. The number of amides is 2. The van der Waals surface area contributed by atoms with Gasteiger partial charge in [0.25, 0.3) is 0 Å². The van der Waals surface area contributed by atoms with Gasteiger partial charge in [0.15, 0.2) is 0 Å². The molecule has 0 unspecified atom stereocenters. The smallest absolute Gasteiger partial charge is 0.248 e. The summed E-state index contributed by atoms with van der Waals surface area (Å²) in [6.45, 7) is 0.280. The Morgan fingerprint density at radius 3 is 2.29 bits per heavy atom. The molecule has 0 saturated carbocycles. The normalized spacial score (nSPS) is 11.5. The second-order valence-corrected chi connectivity index (χ2v) is 8.91. The summed E-state index contributed by atoms with van der Waals surface area (Å²) >= 11 is 1.47. The Bertz CT molecular complexity index is 1240. The number of rotatable bonds is 9. The Labute approximate surface area is 207 Å². The van der Waals surface area contributed by atoms with Gasteiger partial charge in [0.2, 0.25) is 11.8 Å². The van der Waals surface area contributed by atoms with Crippen molar-refractivity contribution in [2.45, 2.75) is 19.0 Å². The zero-order valence-corrected chi connectivity index (χ0v) is 20.0. The third-order valence-electron chi connectivity index (χ3n) is 5.53. The number of methoxy groups -OCH3 is 1. The Morgan fingerprint density at radius 1 is 0.943 bits per heavy atom. The molecular formula is C28H25FN2O3S. The van der Waals surface area contributed by atoms with Crippen molar-refractivity contribution >= 4 is 28.8 Å². The monoisotopic (exact) mass is 488 g/mol. The molecule has 0 fully saturated rings. The molecular weight excluding hydrogens is 463 g/mol. The SMILES string of the molecule is COc1ccc(CNC(=O)[C@H](c2ccccc2)N(C(=O)Cc2cccs2)c2ccc(F)cc2)cc1. The number of anilines is 1. The quantitative estimate of drug-likeness (QED) is 0.337. The number of carbonyl (C=O) groups excluding carboxylic acids is 2. The van der Waals surface area contributed by atoms with Crippen molar-refractivity contribution in [2.75, 3.05) is 12.0 Å². The zero-order chi connectivity index (χ0) is 24.6. The number of nitrogens with one attached hydrogen (secondary N) is 1. The number of benzene rings is 3. The fourth-order valence-corrected chi connectivity index (χ4v) is 4.46. The molecule has 4 rings (SSSR count). The lowest BCUT2D eigenvalue weighted by atomic mass is 10.0. The minimum atomic E-state index is -0.938. The fraction of sp³-hybridized carbons (Fsp3) is 0.143. The summed E-state index contributed by atoms with van der Waals surface area (Å²) in [5, 5.41) is 4.87. The maximum atomic E-state index is 13.7. The van der Waals surface area contributed by atoms with Crippen LogP contribution >= 0.6 is 11.3 Å². The van der Waals surface area contributed by atoms with E-state index in [-0.39, 0.29) is 24.8 Å². The van der Waals surface area contributed by atoms with Crippen molar-refractivity contribution < 1.29 is 18.7 Å². The first-order chi connectivity index (χ1) is 17.0. The van der Waals surface area contributed by atoms with Gasteiger partial charge in [-0.3, -0.25) is 14.5 Å². The summed E-state index contributed by atoms with van der Waals surface area (Å²) in [7, 11) is 1.60. The molecule has 2 amide bonds. The van der Waals surface area contributed by atoms with Crippen LogP contribution < -0.4 is 15.0 Å². The van der Waals surface area contributed by atoms with Crippen molar-refractivity contribution in [1.29, 1.82) is 0 Å². The molecule has 35 heavy (non-hydrogen) atoms. The van der Waals surface area contributed by atoms with Crippen LogP contribution in [0.4, 0.5) is 10.1 Å². The first-order valence-electron chi connectivity index (χ1n) is 11.1. The summed E-state index contributed by atoms with van der Waals surface area (Å²) in [6.07, 6.45) is 0.129. The lowest BCUT2D eigenvalue weighted by Gasteiger charge is -2.31. The number of hydrogen-bond acceptors (Lipinski definition) is 4. The second kappa shape index (κ2) is 11.4. The van der Waals surface area contributed by atoms with Crippen molar-refractivity contribution in [3.63, 3.8) is 0 Å². The molecule has 178 valence electrons. The molecule has 4 aromatic rings. The summed E-state index contributed by atoms with van der Waals surface area (Å²) in [5.74, 6) is -0.285. The van der Waals surface area contributed by atoms with Gasteiger partial charge in [-0.25, -0.2) is 4.39 Å². The number of hydrogen-bond donors (Lipinski definition) is 1. The number of nitrogens with zero attached hydrogens (tertiary/aromatic N) is 1. The number of thiophene rings is 1. The van der Waals surface area contributed by atoms with Crippen molar-refractivity contribution in [1.82, 2.24) is 5.32 Å². The fourth-order valence-electron chi connectivity index (χ4n) is 3.77. The summed E-state index contributed by atoms with van der Waals surface area (Å²) in [6, 6.07) is 25.0. The predicted octanol–water partition coefficient (Wildman–Crippen LogP) is 5.53. The summed E-state index contributed by atoms with van der Waals surface area (Å²) < 4.78 is 18.9. The minimum Gasteiger partial charge on any atom is -0.497 e. The van der Waals surface area contributed by atoms with Crippen LogP contribution in [-0.4, -0.2) is 18.9 Å². The lowest BCUT2D eigenvalue weighted by molar-refractivity contribution is -0.126. The van der Waals surface area contributed by atoms with Gasteiger partial charge in [-0.05, 0) is 59.0 Å². The van der Waals surface area contributed by atoms with Gasteiger partial charge in [0, 0.05) is 17.1 Å². The van der Waals surface area contributed by atoms with Gasteiger partial charge in [0.1, 0.15) is 17.6 Å². The second-order valence-electron chi connectivity index (χ2n) is 7.88. The average Bonchev–Trinajstić information content (AvgIpc) is 3.40. The van der Waals surface area contributed by atoms with E-state index in [4.69, 9.17) is 4.74 Å².